The van der Waals surface area contributed by atoms with E-state index >= 15 is 0 Å². The number of ketones is 1. The van der Waals surface area contributed by atoms with Crippen LogP contribution in [0.25, 0.3) is 0 Å². The standard InChI is InChI=1S/C12H12O5/c1-7(13)10-6-8(11(14)16-2)4-5-9(10)12(15)17-3/h4-6H,1-3H3. The second-order valence-electron chi connectivity index (χ2n) is 3.30. The fraction of sp³-hybridized carbons (Fsp3) is 0.250. The van der Waals surface area contributed by atoms with Gasteiger partial charge in [0.25, 0.3) is 0 Å². The van der Waals surface area contributed by atoms with Gasteiger partial charge >= 0.3 is 11.9 Å². The summed E-state index contributed by atoms with van der Waals surface area (Å²) in [6.07, 6.45) is 0. The zero-order chi connectivity index (χ0) is 13.0. The topological polar surface area (TPSA) is 69.7 Å². The van der Waals surface area contributed by atoms with E-state index in [1.165, 1.54) is 39.3 Å². The number of esters is 2. The van der Waals surface area contributed by atoms with E-state index in [-0.39, 0.29) is 22.5 Å². The molecule has 0 radical (unpaired) electrons. The van der Waals surface area contributed by atoms with Crippen molar-refractivity contribution in [2.45, 2.75) is 6.92 Å². The second kappa shape index (κ2) is 5.25. The molecule has 1 rings (SSSR count). The monoisotopic (exact) mass is 236 g/mol. The van der Waals surface area contributed by atoms with Crippen molar-refractivity contribution in [3.63, 3.8) is 0 Å². The normalized spacial score (nSPS) is 9.59. The zero-order valence-electron chi connectivity index (χ0n) is 9.77. The maximum atomic E-state index is 11.4. The highest BCUT2D eigenvalue weighted by atomic mass is 16.5. The summed E-state index contributed by atoms with van der Waals surface area (Å²) in [6.45, 7) is 1.31. The minimum absolute atomic E-state index is 0.132. The molecule has 0 unspecified atom stereocenters. The van der Waals surface area contributed by atoms with Crippen molar-refractivity contribution in [1.82, 2.24) is 0 Å². The Kier molecular flexibility index (Phi) is 3.98. The van der Waals surface area contributed by atoms with Crippen LogP contribution >= 0.6 is 0 Å². The van der Waals surface area contributed by atoms with Crippen molar-refractivity contribution >= 4 is 17.7 Å². The fourth-order valence-corrected chi connectivity index (χ4v) is 1.37. The Hall–Kier alpha value is -2.17. The number of methoxy groups -OCH3 is 2. The van der Waals surface area contributed by atoms with E-state index < -0.39 is 11.9 Å². The molecule has 90 valence electrons. The molecule has 0 atom stereocenters. The molecule has 5 heteroatoms. The fourth-order valence-electron chi connectivity index (χ4n) is 1.37. The molecular weight excluding hydrogens is 224 g/mol. The van der Waals surface area contributed by atoms with Crippen LogP contribution in [0.2, 0.25) is 0 Å². The molecule has 0 aliphatic carbocycles. The third kappa shape index (κ3) is 2.69. The van der Waals surface area contributed by atoms with Gasteiger partial charge in [-0.1, -0.05) is 0 Å². The molecule has 0 aliphatic rings. The van der Waals surface area contributed by atoms with Gasteiger partial charge in [0.1, 0.15) is 0 Å². The Morgan fingerprint density at radius 2 is 1.53 bits per heavy atom. The summed E-state index contributed by atoms with van der Waals surface area (Å²) < 4.78 is 9.08. The molecule has 0 bridgehead atoms. The third-order valence-corrected chi connectivity index (χ3v) is 2.23. The van der Waals surface area contributed by atoms with Crippen LogP contribution in [0.3, 0.4) is 0 Å². The molecule has 0 amide bonds. The average Bonchev–Trinajstić information content (AvgIpc) is 2.35. The summed E-state index contributed by atoms with van der Waals surface area (Å²) in [5.74, 6) is -1.51. The number of Topliss-reactive ketones (excluding diaryl/α,β-unsaturated/α-hetero) is 1. The van der Waals surface area contributed by atoms with E-state index in [0.29, 0.717) is 0 Å². The van der Waals surface area contributed by atoms with Crippen molar-refractivity contribution in [3.05, 3.63) is 34.9 Å². The Bertz CT molecular complexity index is 476. The molecule has 17 heavy (non-hydrogen) atoms. The number of rotatable bonds is 3. The summed E-state index contributed by atoms with van der Waals surface area (Å²) in [5.41, 5.74) is 0.484. The highest BCUT2D eigenvalue weighted by Gasteiger charge is 2.17. The second-order valence-corrected chi connectivity index (χ2v) is 3.30. The predicted molar refractivity (Wildman–Crippen MR) is 59.1 cm³/mol. The van der Waals surface area contributed by atoms with E-state index in [9.17, 15) is 14.4 Å². The van der Waals surface area contributed by atoms with E-state index in [2.05, 4.69) is 9.47 Å². The Balaban J connectivity index is 3.32. The first kappa shape index (κ1) is 12.9. The van der Waals surface area contributed by atoms with Gasteiger partial charge < -0.3 is 9.47 Å². The Morgan fingerprint density at radius 3 is 2.00 bits per heavy atom. The van der Waals surface area contributed by atoms with Gasteiger partial charge in [-0.05, 0) is 25.1 Å². The van der Waals surface area contributed by atoms with E-state index in [0.717, 1.165) is 0 Å². The smallest absolute Gasteiger partial charge is 0.338 e. The van der Waals surface area contributed by atoms with Crippen LogP contribution < -0.4 is 0 Å². The van der Waals surface area contributed by atoms with E-state index in [1.54, 1.807) is 0 Å². The van der Waals surface area contributed by atoms with Gasteiger partial charge in [-0.3, -0.25) is 4.79 Å². The van der Waals surface area contributed by atoms with Gasteiger partial charge in [0.2, 0.25) is 0 Å². The van der Waals surface area contributed by atoms with E-state index in [4.69, 9.17) is 0 Å². The zero-order valence-corrected chi connectivity index (χ0v) is 9.77. The average molecular weight is 236 g/mol. The molecule has 0 aliphatic heterocycles. The van der Waals surface area contributed by atoms with Crippen LogP contribution in [0.1, 0.15) is 38.0 Å². The summed E-state index contributed by atoms with van der Waals surface area (Å²) >= 11 is 0. The van der Waals surface area contributed by atoms with Crippen LogP contribution in [0.5, 0.6) is 0 Å². The van der Waals surface area contributed by atoms with Gasteiger partial charge in [0.05, 0.1) is 25.3 Å². The molecule has 1 aromatic carbocycles. The molecule has 1 aromatic rings. The van der Waals surface area contributed by atoms with Crippen molar-refractivity contribution in [2.75, 3.05) is 14.2 Å². The van der Waals surface area contributed by atoms with Crippen molar-refractivity contribution in [1.29, 1.82) is 0 Å². The first-order valence-corrected chi connectivity index (χ1v) is 4.83. The minimum atomic E-state index is -0.619. The number of hydrogen-bond acceptors (Lipinski definition) is 5. The first-order chi connectivity index (χ1) is 8.01. The SMILES string of the molecule is COC(=O)c1ccc(C(=O)OC)c(C(C)=O)c1. The molecule has 0 aromatic heterocycles. The lowest BCUT2D eigenvalue weighted by Crippen LogP contribution is -2.11. The Morgan fingerprint density at radius 1 is 0.941 bits per heavy atom. The van der Waals surface area contributed by atoms with Crippen LogP contribution in [-0.4, -0.2) is 31.9 Å². The predicted octanol–water partition coefficient (Wildman–Crippen LogP) is 1.46. The summed E-state index contributed by atoms with van der Waals surface area (Å²) in [6, 6.07) is 4.10. The quantitative estimate of drug-likeness (QED) is 0.587. The molecule has 5 nitrogen and oxygen atoms in total. The van der Waals surface area contributed by atoms with Crippen molar-refractivity contribution in [3.8, 4) is 0 Å². The van der Waals surface area contributed by atoms with Crippen LogP contribution in [0.4, 0.5) is 0 Å². The number of hydrogen-bond donors (Lipinski definition) is 0. The maximum Gasteiger partial charge on any atom is 0.338 e. The molecule has 0 saturated carbocycles. The van der Waals surface area contributed by atoms with Crippen LogP contribution in [-0.2, 0) is 9.47 Å². The van der Waals surface area contributed by atoms with Crippen molar-refractivity contribution < 1.29 is 23.9 Å². The van der Waals surface area contributed by atoms with Gasteiger partial charge in [-0.25, -0.2) is 9.59 Å². The number of ether oxygens (including phenoxy) is 2. The van der Waals surface area contributed by atoms with Gasteiger partial charge in [-0.2, -0.15) is 0 Å². The van der Waals surface area contributed by atoms with Crippen molar-refractivity contribution in [2.24, 2.45) is 0 Å². The number of carbonyl (C=O) groups excluding carboxylic acids is 3. The Labute approximate surface area is 98.3 Å². The number of carbonyl (C=O) groups is 3. The lowest BCUT2D eigenvalue weighted by Gasteiger charge is -2.07. The first-order valence-electron chi connectivity index (χ1n) is 4.83. The molecular formula is C12H12O5. The lowest BCUT2D eigenvalue weighted by molar-refractivity contribution is 0.0585. The molecule has 0 fully saturated rings. The highest BCUT2D eigenvalue weighted by Crippen LogP contribution is 2.15. The summed E-state index contributed by atoms with van der Waals surface area (Å²) in [4.78, 5) is 34.1. The highest BCUT2D eigenvalue weighted by molar-refractivity contribution is 6.07. The van der Waals surface area contributed by atoms with Gasteiger partial charge in [-0.15, -0.1) is 0 Å². The third-order valence-electron chi connectivity index (χ3n) is 2.23. The summed E-state index contributed by atoms with van der Waals surface area (Å²) in [5, 5.41) is 0. The minimum Gasteiger partial charge on any atom is -0.465 e. The lowest BCUT2D eigenvalue weighted by atomic mass is 10.0. The molecule has 0 N–H and O–H groups in total. The van der Waals surface area contributed by atoms with Gasteiger partial charge in [0.15, 0.2) is 5.78 Å². The molecule has 0 saturated heterocycles. The van der Waals surface area contributed by atoms with Crippen LogP contribution in [0, 0.1) is 0 Å². The van der Waals surface area contributed by atoms with Crippen LogP contribution in [0.15, 0.2) is 18.2 Å². The molecule has 0 heterocycles. The molecule has 0 spiro atoms. The van der Waals surface area contributed by atoms with E-state index in [1.807, 2.05) is 0 Å². The largest absolute Gasteiger partial charge is 0.465 e. The maximum absolute atomic E-state index is 11.4. The van der Waals surface area contributed by atoms with Gasteiger partial charge in [0, 0.05) is 5.56 Å². The summed E-state index contributed by atoms with van der Waals surface area (Å²) in [7, 11) is 2.46. The number of benzene rings is 1.